The minimum atomic E-state index is -2.04. The van der Waals surface area contributed by atoms with Crippen molar-refractivity contribution in [3.8, 4) is 11.4 Å². The van der Waals surface area contributed by atoms with Crippen LogP contribution in [0, 0.1) is 12.7 Å². The number of esters is 1. The number of fused-ring (bicyclic) bond motifs is 5. The Hall–Kier alpha value is -8.18. The summed E-state index contributed by atoms with van der Waals surface area (Å²) in [5.41, 5.74) is 2.13. The number of carbonyl (C=O) groups is 9. The number of halogens is 1. The highest BCUT2D eigenvalue weighted by atomic mass is 19.1. The van der Waals surface area contributed by atoms with E-state index in [-0.39, 0.29) is 81.7 Å². The van der Waals surface area contributed by atoms with Gasteiger partial charge in [0.2, 0.25) is 35.4 Å². The predicted molar refractivity (Wildman–Crippen MR) is 272 cm³/mol. The van der Waals surface area contributed by atoms with Gasteiger partial charge in [0.05, 0.1) is 61.3 Å². The number of amides is 8. The number of nitrogens with one attached hydrogen (secondary N) is 5. The van der Waals surface area contributed by atoms with Crippen molar-refractivity contribution in [2.75, 3.05) is 53.0 Å². The molecule has 77 heavy (non-hydrogen) atoms. The number of ether oxygens (including phenoxy) is 2. The Kier molecular flexibility index (Phi) is 17.0. The van der Waals surface area contributed by atoms with Gasteiger partial charge in [0, 0.05) is 67.7 Å². The highest BCUT2D eigenvalue weighted by Crippen LogP contribution is 2.47. The summed E-state index contributed by atoms with van der Waals surface area (Å²) in [6.07, 6.45) is 4.95. The van der Waals surface area contributed by atoms with Crippen LogP contribution in [-0.4, -0.2) is 137 Å². The number of pyridine rings is 2. The maximum absolute atomic E-state index is 15.4. The first-order chi connectivity index (χ1) is 36.9. The fraction of sp³-hybridized carbons (Fsp3) is 0.426. The van der Waals surface area contributed by atoms with E-state index in [0.717, 1.165) is 10.5 Å². The third kappa shape index (κ3) is 11.9. The molecule has 0 saturated carbocycles. The minimum Gasteiger partial charge on any atom is -0.458 e. The molecule has 3 aliphatic heterocycles. The van der Waals surface area contributed by atoms with E-state index in [4.69, 9.17) is 14.5 Å². The van der Waals surface area contributed by atoms with E-state index in [2.05, 4.69) is 26.6 Å². The van der Waals surface area contributed by atoms with Crippen molar-refractivity contribution in [2.45, 2.75) is 96.1 Å². The van der Waals surface area contributed by atoms with Crippen molar-refractivity contribution in [1.82, 2.24) is 45.9 Å². The smallest absolute Gasteiger partial charge is 0.343 e. The molecule has 0 unspecified atom stereocenters. The maximum Gasteiger partial charge on any atom is 0.343 e. The number of aliphatic hydroxyl groups is 1. The van der Waals surface area contributed by atoms with Crippen molar-refractivity contribution >= 4 is 64.1 Å². The van der Waals surface area contributed by atoms with Gasteiger partial charge in [0.25, 0.3) is 17.4 Å². The topological polar surface area (TPSA) is 294 Å². The second-order valence-electron chi connectivity index (χ2n) is 19.3. The highest BCUT2D eigenvalue weighted by molar-refractivity contribution is 6.12. The summed E-state index contributed by atoms with van der Waals surface area (Å²) < 4.78 is 27.9. The summed E-state index contributed by atoms with van der Waals surface area (Å²) in [6.45, 7) is 1.47. The van der Waals surface area contributed by atoms with E-state index in [1.807, 2.05) is 0 Å². The second kappa shape index (κ2) is 23.8. The number of likely N-dealkylation sites (N-methyl/N-ethyl adjacent to an activating group) is 1. The van der Waals surface area contributed by atoms with E-state index < -0.39 is 90.1 Å². The quantitative estimate of drug-likeness (QED) is 0.0298. The van der Waals surface area contributed by atoms with Crippen molar-refractivity contribution < 1.29 is 62.1 Å². The molecule has 4 aromatic rings. The molecular formula is C54H60FN9O13. The first-order valence-electron chi connectivity index (χ1n) is 25.5. The molecule has 8 rings (SSSR count). The Morgan fingerprint density at radius 1 is 0.896 bits per heavy atom. The van der Waals surface area contributed by atoms with E-state index in [9.17, 15) is 53.1 Å². The predicted octanol–water partition coefficient (Wildman–Crippen LogP) is 0.667. The zero-order valence-electron chi connectivity index (χ0n) is 42.9. The second-order valence-corrected chi connectivity index (χ2v) is 19.3. The van der Waals surface area contributed by atoms with Gasteiger partial charge in [-0.15, -0.1) is 0 Å². The lowest BCUT2D eigenvalue weighted by molar-refractivity contribution is -0.172. The highest BCUT2D eigenvalue weighted by Gasteiger charge is 2.46. The van der Waals surface area contributed by atoms with Gasteiger partial charge in [-0.2, -0.15) is 0 Å². The number of imide groups is 1. The zero-order valence-corrected chi connectivity index (χ0v) is 42.9. The van der Waals surface area contributed by atoms with Crippen LogP contribution in [0.4, 0.5) is 4.39 Å². The van der Waals surface area contributed by atoms with Gasteiger partial charge in [-0.25, -0.2) is 14.2 Å². The van der Waals surface area contributed by atoms with Gasteiger partial charge < -0.3 is 50.6 Å². The Morgan fingerprint density at radius 3 is 2.34 bits per heavy atom. The number of cyclic esters (lactones) is 1. The number of unbranched alkanes of at least 4 members (excludes halogenated alkanes) is 2. The lowest BCUT2D eigenvalue weighted by atomic mass is 9.81. The average Bonchev–Trinajstić information content (AvgIpc) is 4.23. The first-order valence-corrected chi connectivity index (χ1v) is 25.5. The molecular weight excluding hydrogens is 1000 g/mol. The fourth-order valence-electron chi connectivity index (χ4n) is 10.2. The molecule has 0 radical (unpaired) electrons. The van der Waals surface area contributed by atoms with Gasteiger partial charge in [0.1, 0.15) is 25.1 Å². The van der Waals surface area contributed by atoms with Crippen molar-refractivity contribution in [2.24, 2.45) is 0 Å². The largest absolute Gasteiger partial charge is 0.458 e. The molecule has 8 amide bonds. The van der Waals surface area contributed by atoms with Crippen LogP contribution in [0.1, 0.15) is 90.4 Å². The van der Waals surface area contributed by atoms with Crippen LogP contribution in [0.2, 0.25) is 0 Å². The Bertz CT molecular complexity index is 3140. The van der Waals surface area contributed by atoms with Gasteiger partial charge in [-0.3, -0.25) is 48.1 Å². The average molecular weight is 1060 g/mol. The lowest BCUT2D eigenvalue weighted by Gasteiger charge is -2.35. The number of hydrogen-bond acceptors (Lipinski definition) is 14. The van der Waals surface area contributed by atoms with Crippen molar-refractivity contribution in [3.63, 3.8) is 0 Å². The number of benzene rings is 2. The van der Waals surface area contributed by atoms with Crippen LogP contribution < -0.4 is 32.1 Å². The van der Waals surface area contributed by atoms with Gasteiger partial charge in [-0.05, 0) is 67.3 Å². The Balaban J connectivity index is 0.800. The Morgan fingerprint density at radius 2 is 1.60 bits per heavy atom. The molecule has 2 aromatic heterocycles. The number of rotatable bonds is 23. The molecule has 23 heteroatoms. The van der Waals surface area contributed by atoms with Crippen LogP contribution in [0.25, 0.3) is 22.3 Å². The van der Waals surface area contributed by atoms with Gasteiger partial charge in [0.15, 0.2) is 5.60 Å². The van der Waals surface area contributed by atoms with Gasteiger partial charge >= 0.3 is 5.97 Å². The molecule has 0 bridgehead atoms. The third-order valence-electron chi connectivity index (χ3n) is 14.4. The monoisotopic (exact) mass is 1060 g/mol. The van der Waals surface area contributed by atoms with Crippen LogP contribution in [0.3, 0.4) is 0 Å². The Labute approximate surface area is 441 Å². The molecule has 2 aromatic carbocycles. The molecule has 1 aliphatic carbocycles. The van der Waals surface area contributed by atoms with Crippen LogP contribution >= 0.6 is 0 Å². The van der Waals surface area contributed by atoms with Crippen LogP contribution in [0.5, 0.6) is 0 Å². The van der Waals surface area contributed by atoms with E-state index in [1.165, 1.54) is 22.8 Å². The summed E-state index contributed by atoms with van der Waals surface area (Å²) in [7, 11) is 1.63. The maximum atomic E-state index is 15.4. The van der Waals surface area contributed by atoms with E-state index in [0.29, 0.717) is 76.6 Å². The summed E-state index contributed by atoms with van der Waals surface area (Å²) in [4.78, 5) is 135. The number of hydrogen-bond donors (Lipinski definition) is 6. The molecule has 4 aliphatic rings. The zero-order chi connectivity index (χ0) is 55.1. The third-order valence-corrected chi connectivity index (χ3v) is 14.4. The summed E-state index contributed by atoms with van der Waals surface area (Å²) >= 11 is 0. The minimum absolute atomic E-state index is 0.0275. The van der Waals surface area contributed by atoms with Crippen molar-refractivity contribution in [1.29, 1.82) is 0 Å². The van der Waals surface area contributed by atoms with E-state index >= 15 is 4.39 Å². The van der Waals surface area contributed by atoms with E-state index in [1.54, 1.807) is 62.2 Å². The van der Waals surface area contributed by atoms with Crippen LogP contribution in [0.15, 0.2) is 59.4 Å². The number of nitrogens with zero attached hydrogens (tertiary/aromatic N) is 4. The number of carbonyl (C=O) groups excluding carboxylic acids is 9. The summed E-state index contributed by atoms with van der Waals surface area (Å²) in [6, 6.07) is 10.0. The SMILES string of the molecule is CC[C@@]1(O)C(=O)OCc2c1cc1n(c2=O)Cc2c-1nc1cc(F)c(C)c3c1c2[C@@H](N(C)C(=O)COCCNC(=O)CNC(=O)[C@H](Cc1ccccc1)NC(=O)CNC(=O)CNC(=O)CCCCCN1C(=O)C=CC1=O)CC3. The molecule has 22 nitrogen and oxygen atoms in total. The molecule has 3 atom stereocenters. The van der Waals surface area contributed by atoms with Crippen molar-refractivity contribution in [3.05, 3.63) is 110 Å². The molecule has 406 valence electrons. The number of aromatic nitrogens is 2. The van der Waals surface area contributed by atoms with Gasteiger partial charge in [-0.1, -0.05) is 43.7 Å². The molecule has 0 spiro atoms. The normalized spacial score (nSPS) is 17.2. The fourth-order valence-corrected chi connectivity index (χ4v) is 10.2. The van der Waals surface area contributed by atoms with Crippen LogP contribution in [-0.2, 0) is 84.2 Å². The lowest BCUT2D eigenvalue weighted by Crippen LogP contribution is -2.52. The molecule has 0 fully saturated rings. The summed E-state index contributed by atoms with van der Waals surface area (Å²) in [5.74, 6) is -5.45. The molecule has 6 N–H and O–H groups in total. The standard InChI is InChI=1S/C54H60FN9O13/c1-4-54(75)35-22-40-50-33(27-64(40)52(73)34(35)28-77-53(54)74)49-39(15-14-32-30(2)36(55)23-37(61-50)48(32)49)62(3)47(71)29-76-20-18-56-42(66)25-59-51(72)38(21-31-11-7-5-8-12-31)60-44(68)26-58-43(67)24-57-41(65)13-9-6-10-19-63-45(69)16-17-46(63)70/h5,7-8,11-12,16-17,22-23,38-39,75H,4,6,9-10,13-15,18-21,24-29H2,1-3H3,(H,56,66)(H,57,65)(H,58,67)(H,59,72)(H,60,68)/t38-,39-,54-/m0/s1. The molecule has 5 heterocycles. The summed E-state index contributed by atoms with van der Waals surface area (Å²) in [5, 5.41) is 24.7. The molecule has 0 saturated heterocycles. The number of aryl methyl sites for hydroxylation is 1. The first kappa shape index (κ1) is 55.1.